The molecule has 0 unspecified atom stereocenters. The maximum absolute atomic E-state index is 13.0. The summed E-state index contributed by atoms with van der Waals surface area (Å²) in [5, 5.41) is 3.24. The summed E-state index contributed by atoms with van der Waals surface area (Å²) in [7, 11) is 0. The van der Waals surface area contributed by atoms with Crippen molar-refractivity contribution in [1.29, 1.82) is 0 Å². The molecule has 3 nitrogen and oxygen atoms in total. The monoisotopic (exact) mass is 326 g/mol. The minimum Gasteiger partial charge on any atom is -0.337 e. The molecule has 2 rings (SSSR count). The Hall–Kier alpha value is -1.82. The van der Waals surface area contributed by atoms with Gasteiger partial charge in [-0.15, -0.1) is 0 Å². The van der Waals surface area contributed by atoms with Crippen molar-refractivity contribution < 1.29 is 18.0 Å². The number of carbonyl (C=O) groups is 1. The normalized spacial score (nSPS) is 18.4. The van der Waals surface area contributed by atoms with E-state index < -0.39 is 11.7 Å². The van der Waals surface area contributed by atoms with E-state index in [1.165, 1.54) is 22.6 Å². The SMILES string of the molecule is CC(C)=CCN[C@H]1CC(=O)N(Cc2ccccc2C(F)(F)F)C1. The van der Waals surface area contributed by atoms with Crippen LogP contribution in [-0.4, -0.2) is 29.9 Å². The van der Waals surface area contributed by atoms with E-state index >= 15 is 0 Å². The molecule has 1 aliphatic heterocycles. The first-order chi connectivity index (χ1) is 10.8. The van der Waals surface area contributed by atoms with Gasteiger partial charge in [-0.1, -0.05) is 29.8 Å². The summed E-state index contributed by atoms with van der Waals surface area (Å²) in [6, 6.07) is 5.40. The second-order valence-corrected chi connectivity index (χ2v) is 6.02. The number of nitrogens with one attached hydrogen (secondary N) is 1. The quantitative estimate of drug-likeness (QED) is 0.842. The molecular weight excluding hydrogens is 305 g/mol. The molecule has 1 atom stereocenters. The lowest BCUT2D eigenvalue weighted by Crippen LogP contribution is -2.33. The lowest BCUT2D eigenvalue weighted by atomic mass is 10.1. The van der Waals surface area contributed by atoms with E-state index in [0.717, 1.165) is 6.07 Å². The Kier molecular flexibility index (Phi) is 5.46. The predicted octanol–water partition coefficient (Wildman–Crippen LogP) is 3.36. The van der Waals surface area contributed by atoms with Gasteiger partial charge in [-0.2, -0.15) is 13.2 Å². The molecule has 0 aliphatic carbocycles. The van der Waals surface area contributed by atoms with Crippen LogP contribution in [0.3, 0.4) is 0 Å². The van der Waals surface area contributed by atoms with E-state index in [9.17, 15) is 18.0 Å². The molecule has 1 aliphatic rings. The van der Waals surface area contributed by atoms with E-state index in [1.807, 2.05) is 19.9 Å². The van der Waals surface area contributed by atoms with E-state index in [1.54, 1.807) is 6.07 Å². The Morgan fingerprint density at radius 3 is 2.70 bits per heavy atom. The van der Waals surface area contributed by atoms with E-state index in [4.69, 9.17) is 0 Å². The number of halogens is 3. The maximum Gasteiger partial charge on any atom is 0.416 e. The number of hydrogen-bond donors (Lipinski definition) is 1. The molecule has 1 heterocycles. The fourth-order valence-electron chi connectivity index (χ4n) is 2.63. The third kappa shape index (κ3) is 4.82. The van der Waals surface area contributed by atoms with Gasteiger partial charge in [0, 0.05) is 32.1 Å². The highest BCUT2D eigenvalue weighted by molar-refractivity contribution is 5.79. The number of alkyl halides is 3. The minimum atomic E-state index is -4.40. The van der Waals surface area contributed by atoms with Crippen LogP contribution in [0.15, 0.2) is 35.9 Å². The van der Waals surface area contributed by atoms with Gasteiger partial charge in [0.1, 0.15) is 0 Å². The van der Waals surface area contributed by atoms with Crippen LogP contribution in [0.2, 0.25) is 0 Å². The second kappa shape index (κ2) is 7.17. The molecule has 1 N–H and O–H groups in total. The van der Waals surface area contributed by atoms with E-state index in [2.05, 4.69) is 5.32 Å². The summed E-state index contributed by atoms with van der Waals surface area (Å²) in [4.78, 5) is 13.5. The van der Waals surface area contributed by atoms with Crippen molar-refractivity contribution in [2.45, 2.75) is 39.0 Å². The zero-order chi connectivity index (χ0) is 17.0. The fourth-order valence-corrected chi connectivity index (χ4v) is 2.63. The number of allylic oxidation sites excluding steroid dienone is 1. The van der Waals surface area contributed by atoms with Crippen LogP contribution in [0.5, 0.6) is 0 Å². The molecular formula is C17H21F3N2O. The van der Waals surface area contributed by atoms with Gasteiger partial charge in [-0.25, -0.2) is 0 Å². The first-order valence-corrected chi connectivity index (χ1v) is 7.57. The fraction of sp³-hybridized carbons (Fsp3) is 0.471. The number of amides is 1. The van der Waals surface area contributed by atoms with Crippen molar-refractivity contribution in [3.05, 3.63) is 47.0 Å². The first kappa shape index (κ1) is 17.5. The predicted molar refractivity (Wildman–Crippen MR) is 82.7 cm³/mol. The molecule has 1 amide bonds. The van der Waals surface area contributed by atoms with Crippen molar-refractivity contribution in [2.24, 2.45) is 0 Å². The maximum atomic E-state index is 13.0. The number of rotatable bonds is 5. The zero-order valence-corrected chi connectivity index (χ0v) is 13.3. The molecule has 6 heteroatoms. The van der Waals surface area contributed by atoms with Gasteiger partial charge in [0.05, 0.1) is 5.56 Å². The molecule has 1 aromatic carbocycles. The molecule has 1 saturated heterocycles. The molecule has 23 heavy (non-hydrogen) atoms. The lowest BCUT2D eigenvalue weighted by molar-refractivity contribution is -0.139. The van der Waals surface area contributed by atoms with Crippen LogP contribution in [0.1, 0.15) is 31.4 Å². The average Bonchev–Trinajstić information content (AvgIpc) is 2.78. The largest absolute Gasteiger partial charge is 0.416 e. The molecule has 126 valence electrons. The van der Waals surface area contributed by atoms with Crippen molar-refractivity contribution in [2.75, 3.05) is 13.1 Å². The Morgan fingerprint density at radius 1 is 1.35 bits per heavy atom. The second-order valence-electron chi connectivity index (χ2n) is 6.02. The minimum absolute atomic E-state index is 0.00462. The number of hydrogen-bond acceptors (Lipinski definition) is 2. The van der Waals surface area contributed by atoms with Gasteiger partial charge < -0.3 is 10.2 Å². The summed E-state index contributed by atoms with van der Waals surface area (Å²) in [5.74, 6) is -0.114. The standard InChI is InChI=1S/C17H21F3N2O/c1-12(2)7-8-21-14-9-16(23)22(11-14)10-13-5-3-4-6-15(13)17(18,19)20/h3-7,14,21H,8-11H2,1-2H3/t14-/m0/s1. The van der Waals surface area contributed by atoms with Crippen molar-refractivity contribution in [3.63, 3.8) is 0 Å². The average molecular weight is 326 g/mol. The molecule has 0 bridgehead atoms. The summed E-state index contributed by atoms with van der Waals surface area (Å²) >= 11 is 0. The van der Waals surface area contributed by atoms with Crippen molar-refractivity contribution >= 4 is 5.91 Å². The van der Waals surface area contributed by atoms with Crippen molar-refractivity contribution in [1.82, 2.24) is 10.2 Å². The van der Waals surface area contributed by atoms with Crippen LogP contribution in [0.4, 0.5) is 13.2 Å². The number of likely N-dealkylation sites (tertiary alicyclic amines) is 1. The number of carbonyl (C=O) groups excluding carboxylic acids is 1. The van der Waals surface area contributed by atoms with Crippen LogP contribution in [-0.2, 0) is 17.5 Å². The van der Waals surface area contributed by atoms with Gasteiger partial charge in [-0.3, -0.25) is 4.79 Å². The van der Waals surface area contributed by atoms with Crippen LogP contribution in [0, 0.1) is 0 Å². The van der Waals surface area contributed by atoms with Crippen LogP contribution >= 0.6 is 0 Å². The van der Waals surface area contributed by atoms with Gasteiger partial charge in [0.25, 0.3) is 0 Å². The summed E-state index contributed by atoms with van der Waals surface area (Å²) in [6.07, 6.45) is -2.06. The smallest absolute Gasteiger partial charge is 0.337 e. The van der Waals surface area contributed by atoms with Gasteiger partial charge in [-0.05, 0) is 25.5 Å². The van der Waals surface area contributed by atoms with Crippen molar-refractivity contribution in [3.8, 4) is 0 Å². The van der Waals surface area contributed by atoms with Gasteiger partial charge in [0.15, 0.2) is 0 Å². The van der Waals surface area contributed by atoms with E-state index in [-0.39, 0.29) is 24.1 Å². The molecule has 1 fully saturated rings. The highest BCUT2D eigenvalue weighted by atomic mass is 19.4. The summed E-state index contributed by atoms with van der Waals surface area (Å²) in [5.41, 5.74) is 0.643. The molecule has 0 radical (unpaired) electrons. The van der Waals surface area contributed by atoms with Gasteiger partial charge >= 0.3 is 6.18 Å². The molecule has 0 saturated carbocycles. The Labute approximate surface area is 134 Å². The van der Waals surface area contributed by atoms with Gasteiger partial charge in [0.2, 0.25) is 5.91 Å². The third-order valence-electron chi connectivity index (χ3n) is 3.82. The van der Waals surface area contributed by atoms with Crippen LogP contribution < -0.4 is 5.32 Å². The summed E-state index contributed by atoms with van der Waals surface area (Å²) in [6.45, 7) is 5.06. The Balaban J connectivity index is 2.02. The van der Waals surface area contributed by atoms with Crippen LogP contribution in [0.25, 0.3) is 0 Å². The molecule has 0 spiro atoms. The Bertz CT molecular complexity index is 592. The topological polar surface area (TPSA) is 32.3 Å². The highest BCUT2D eigenvalue weighted by Gasteiger charge is 2.35. The third-order valence-corrected chi connectivity index (χ3v) is 3.82. The number of nitrogens with zero attached hydrogens (tertiary/aromatic N) is 1. The summed E-state index contributed by atoms with van der Waals surface area (Å²) < 4.78 is 39.0. The molecule has 1 aromatic rings. The number of benzene rings is 1. The Morgan fingerprint density at radius 2 is 2.04 bits per heavy atom. The van der Waals surface area contributed by atoms with E-state index in [0.29, 0.717) is 19.5 Å². The lowest BCUT2D eigenvalue weighted by Gasteiger charge is -2.20. The first-order valence-electron chi connectivity index (χ1n) is 7.57. The highest BCUT2D eigenvalue weighted by Crippen LogP contribution is 2.32. The molecule has 0 aromatic heterocycles. The zero-order valence-electron chi connectivity index (χ0n) is 13.3.